The molecule has 0 radical (unpaired) electrons. The van der Waals surface area contributed by atoms with Crippen molar-refractivity contribution >= 4 is 17.4 Å². The molecule has 0 saturated heterocycles. The van der Waals surface area contributed by atoms with Crippen molar-refractivity contribution in [2.75, 3.05) is 0 Å². The molecule has 0 fully saturated rings. The number of Topliss-reactive ketones (excluding diaryl/α,β-unsaturated/α-hetero) is 1. The van der Waals surface area contributed by atoms with Crippen molar-refractivity contribution in [1.82, 2.24) is 0 Å². The van der Waals surface area contributed by atoms with E-state index in [-0.39, 0.29) is 28.4 Å². The zero-order valence-electron chi connectivity index (χ0n) is 10.2. The number of ketones is 1. The van der Waals surface area contributed by atoms with Crippen molar-refractivity contribution in [3.05, 3.63) is 69.7 Å². The number of halogens is 3. The fourth-order valence-electron chi connectivity index (χ4n) is 1.73. The summed E-state index contributed by atoms with van der Waals surface area (Å²) in [5.74, 6) is -1.36. The van der Waals surface area contributed by atoms with Gasteiger partial charge in [-0.15, -0.1) is 0 Å². The van der Waals surface area contributed by atoms with Gasteiger partial charge in [0, 0.05) is 22.6 Å². The Bertz CT molecular complexity index is 618. The summed E-state index contributed by atoms with van der Waals surface area (Å²) in [7, 11) is 0. The first-order chi connectivity index (χ1) is 8.99. The van der Waals surface area contributed by atoms with E-state index in [1.165, 1.54) is 30.3 Å². The molecule has 0 unspecified atom stereocenters. The molecule has 0 aliphatic carbocycles. The van der Waals surface area contributed by atoms with Crippen molar-refractivity contribution < 1.29 is 13.6 Å². The minimum absolute atomic E-state index is 0.134. The fraction of sp³-hybridized carbons (Fsp3) is 0.133. The summed E-state index contributed by atoms with van der Waals surface area (Å²) >= 11 is 5.85. The minimum atomic E-state index is -0.534. The number of rotatable bonds is 3. The molecule has 1 nitrogen and oxygen atoms in total. The SMILES string of the molecule is Cc1ccc(C(=O)Cc2c(F)cccc2Cl)cc1F. The average molecular weight is 281 g/mol. The van der Waals surface area contributed by atoms with Crippen molar-refractivity contribution in [3.63, 3.8) is 0 Å². The lowest BCUT2D eigenvalue weighted by atomic mass is 10.0. The first-order valence-electron chi connectivity index (χ1n) is 5.71. The second kappa shape index (κ2) is 5.49. The van der Waals surface area contributed by atoms with Gasteiger partial charge >= 0.3 is 0 Å². The molecule has 2 aromatic carbocycles. The lowest BCUT2D eigenvalue weighted by Gasteiger charge is -2.06. The van der Waals surface area contributed by atoms with Crippen molar-refractivity contribution in [2.24, 2.45) is 0 Å². The Hall–Kier alpha value is -1.74. The third-order valence-corrected chi connectivity index (χ3v) is 3.25. The van der Waals surface area contributed by atoms with Gasteiger partial charge in [-0.25, -0.2) is 8.78 Å². The van der Waals surface area contributed by atoms with Crippen LogP contribution in [0.25, 0.3) is 0 Å². The van der Waals surface area contributed by atoms with Crippen LogP contribution in [0.2, 0.25) is 5.02 Å². The van der Waals surface area contributed by atoms with Crippen LogP contribution in [-0.4, -0.2) is 5.78 Å². The van der Waals surface area contributed by atoms with Gasteiger partial charge in [-0.3, -0.25) is 4.79 Å². The second-order valence-corrected chi connectivity index (χ2v) is 4.67. The van der Waals surface area contributed by atoms with E-state index in [9.17, 15) is 13.6 Å². The van der Waals surface area contributed by atoms with Gasteiger partial charge in [-0.1, -0.05) is 29.8 Å². The van der Waals surface area contributed by atoms with E-state index in [1.54, 1.807) is 6.92 Å². The highest BCUT2D eigenvalue weighted by atomic mass is 35.5. The highest BCUT2D eigenvalue weighted by Gasteiger charge is 2.14. The minimum Gasteiger partial charge on any atom is -0.294 e. The van der Waals surface area contributed by atoms with Crippen LogP contribution in [0.4, 0.5) is 8.78 Å². The van der Waals surface area contributed by atoms with E-state index >= 15 is 0 Å². The van der Waals surface area contributed by atoms with E-state index in [4.69, 9.17) is 11.6 Å². The van der Waals surface area contributed by atoms with Gasteiger partial charge in [0.1, 0.15) is 11.6 Å². The van der Waals surface area contributed by atoms with E-state index in [2.05, 4.69) is 0 Å². The molecule has 0 atom stereocenters. The molecular formula is C15H11ClF2O. The summed E-state index contributed by atoms with van der Waals surface area (Å²) < 4.78 is 26.9. The molecule has 0 N–H and O–H groups in total. The number of hydrogen-bond donors (Lipinski definition) is 0. The van der Waals surface area contributed by atoms with Crippen LogP contribution < -0.4 is 0 Å². The molecule has 0 aliphatic heterocycles. The molecule has 2 rings (SSSR count). The third kappa shape index (κ3) is 2.99. The molecule has 0 aliphatic rings. The summed E-state index contributed by atoms with van der Waals surface area (Å²) in [4.78, 5) is 12.0. The Balaban J connectivity index is 2.28. The largest absolute Gasteiger partial charge is 0.294 e. The number of carbonyl (C=O) groups is 1. The maximum atomic E-state index is 13.6. The van der Waals surface area contributed by atoms with E-state index in [0.29, 0.717) is 5.56 Å². The van der Waals surface area contributed by atoms with Crippen molar-refractivity contribution in [2.45, 2.75) is 13.3 Å². The molecule has 0 saturated carbocycles. The molecule has 0 amide bonds. The number of benzene rings is 2. The van der Waals surface area contributed by atoms with Gasteiger partial charge < -0.3 is 0 Å². The zero-order chi connectivity index (χ0) is 14.0. The van der Waals surface area contributed by atoms with Crippen LogP contribution in [0, 0.1) is 18.6 Å². The third-order valence-electron chi connectivity index (χ3n) is 2.89. The Morgan fingerprint density at radius 3 is 2.53 bits per heavy atom. The Kier molecular flexibility index (Phi) is 3.96. The molecule has 2 aromatic rings. The van der Waals surface area contributed by atoms with Gasteiger partial charge in [0.15, 0.2) is 5.78 Å². The Labute approximate surface area is 114 Å². The molecule has 19 heavy (non-hydrogen) atoms. The Morgan fingerprint density at radius 1 is 1.16 bits per heavy atom. The second-order valence-electron chi connectivity index (χ2n) is 4.26. The Morgan fingerprint density at radius 2 is 1.89 bits per heavy atom. The number of aryl methyl sites for hydroxylation is 1. The number of hydrogen-bond acceptors (Lipinski definition) is 1. The summed E-state index contributed by atoms with van der Waals surface area (Å²) in [6.07, 6.45) is -0.187. The first-order valence-corrected chi connectivity index (χ1v) is 6.09. The van der Waals surface area contributed by atoms with Crippen LogP contribution in [-0.2, 0) is 6.42 Å². The van der Waals surface area contributed by atoms with Crippen LogP contribution in [0.5, 0.6) is 0 Å². The zero-order valence-corrected chi connectivity index (χ0v) is 11.0. The summed E-state index contributed by atoms with van der Waals surface area (Å²) in [5, 5.41) is 0.195. The average Bonchev–Trinajstić information content (AvgIpc) is 2.37. The lowest BCUT2D eigenvalue weighted by Crippen LogP contribution is -2.06. The van der Waals surface area contributed by atoms with E-state index in [0.717, 1.165) is 6.07 Å². The van der Waals surface area contributed by atoms with Gasteiger partial charge in [0.25, 0.3) is 0 Å². The van der Waals surface area contributed by atoms with E-state index in [1.807, 2.05) is 0 Å². The topological polar surface area (TPSA) is 17.1 Å². The molecule has 0 bridgehead atoms. The smallest absolute Gasteiger partial charge is 0.167 e. The summed E-state index contributed by atoms with van der Waals surface area (Å²) in [5.41, 5.74) is 0.804. The summed E-state index contributed by atoms with van der Waals surface area (Å²) in [6.45, 7) is 1.61. The molecular weight excluding hydrogens is 270 g/mol. The number of carbonyl (C=O) groups excluding carboxylic acids is 1. The molecule has 0 aromatic heterocycles. The molecule has 98 valence electrons. The standard InChI is InChI=1S/C15H11ClF2O/c1-9-5-6-10(7-14(9)18)15(19)8-11-12(16)3-2-4-13(11)17/h2-7H,8H2,1H3. The molecule has 0 heterocycles. The first kappa shape index (κ1) is 13.7. The maximum absolute atomic E-state index is 13.6. The normalized spacial score (nSPS) is 10.5. The van der Waals surface area contributed by atoms with Gasteiger partial charge in [0.2, 0.25) is 0 Å². The fourth-order valence-corrected chi connectivity index (χ4v) is 1.96. The van der Waals surface area contributed by atoms with Crippen molar-refractivity contribution in [1.29, 1.82) is 0 Å². The van der Waals surface area contributed by atoms with Crippen LogP contribution >= 0.6 is 11.6 Å². The van der Waals surface area contributed by atoms with E-state index < -0.39 is 11.6 Å². The maximum Gasteiger partial charge on any atom is 0.167 e. The predicted molar refractivity (Wildman–Crippen MR) is 70.6 cm³/mol. The highest BCUT2D eigenvalue weighted by Crippen LogP contribution is 2.21. The lowest BCUT2D eigenvalue weighted by molar-refractivity contribution is 0.0991. The van der Waals surface area contributed by atoms with Gasteiger partial charge in [-0.2, -0.15) is 0 Å². The molecule has 0 spiro atoms. The van der Waals surface area contributed by atoms with Gasteiger partial charge in [0.05, 0.1) is 0 Å². The quantitative estimate of drug-likeness (QED) is 0.764. The van der Waals surface area contributed by atoms with Crippen LogP contribution in [0.1, 0.15) is 21.5 Å². The van der Waals surface area contributed by atoms with Gasteiger partial charge in [-0.05, 0) is 30.7 Å². The summed E-state index contributed by atoms with van der Waals surface area (Å²) in [6, 6.07) is 8.43. The molecule has 4 heteroatoms. The van der Waals surface area contributed by atoms with Crippen molar-refractivity contribution in [3.8, 4) is 0 Å². The monoisotopic (exact) mass is 280 g/mol. The predicted octanol–water partition coefficient (Wildman–Crippen LogP) is 4.35. The van der Waals surface area contributed by atoms with Crippen LogP contribution in [0.3, 0.4) is 0 Å². The van der Waals surface area contributed by atoms with Crippen LogP contribution in [0.15, 0.2) is 36.4 Å². The highest BCUT2D eigenvalue weighted by molar-refractivity contribution is 6.31.